The maximum atomic E-state index is 6.02. The van der Waals surface area contributed by atoms with Gasteiger partial charge in [0.2, 0.25) is 0 Å². The van der Waals surface area contributed by atoms with Crippen LogP contribution in [0.4, 0.5) is 0 Å². The van der Waals surface area contributed by atoms with Crippen molar-refractivity contribution in [3.8, 4) is 50.6 Å². The van der Waals surface area contributed by atoms with Crippen LogP contribution in [0.5, 0.6) is 0 Å². The van der Waals surface area contributed by atoms with E-state index in [4.69, 9.17) is 9.40 Å². The fourth-order valence-electron chi connectivity index (χ4n) is 6.98. The molecular formula is C49H39IrN3O-2. The number of rotatable bonds is 7. The van der Waals surface area contributed by atoms with Crippen LogP contribution in [-0.2, 0) is 26.5 Å². The Labute approximate surface area is 330 Å². The van der Waals surface area contributed by atoms with E-state index >= 15 is 0 Å². The van der Waals surface area contributed by atoms with E-state index in [0.717, 1.165) is 79.0 Å². The predicted octanol–water partition coefficient (Wildman–Crippen LogP) is 12.6. The van der Waals surface area contributed by atoms with Crippen molar-refractivity contribution in [2.75, 3.05) is 0 Å². The molecule has 4 nitrogen and oxygen atoms in total. The van der Waals surface area contributed by atoms with E-state index in [1.54, 1.807) is 6.20 Å². The predicted molar refractivity (Wildman–Crippen MR) is 218 cm³/mol. The van der Waals surface area contributed by atoms with Crippen LogP contribution in [0.25, 0.3) is 72.6 Å². The van der Waals surface area contributed by atoms with Crippen molar-refractivity contribution in [2.45, 2.75) is 27.2 Å². The second kappa shape index (κ2) is 16.4. The van der Waals surface area contributed by atoms with Gasteiger partial charge in [0.05, 0.1) is 22.5 Å². The number of benzene rings is 6. The minimum Gasteiger partial charge on any atom is -0.557 e. The summed E-state index contributed by atoms with van der Waals surface area (Å²) in [4.78, 5) is 9.45. The van der Waals surface area contributed by atoms with Gasteiger partial charge in [0, 0.05) is 49.3 Å². The molecule has 1 radical (unpaired) electrons. The summed E-state index contributed by atoms with van der Waals surface area (Å²) >= 11 is 0. The zero-order chi connectivity index (χ0) is 36.1. The molecule has 6 aromatic carbocycles. The first-order chi connectivity index (χ1) is 26.0. The zero-order valence-corrected chi connectivity index (χ0v) is 32.9. The van der Waals surface area contributed by atoms with Gasteiger partial charge in [-0.3, -0.25) is 4.98 Å². The molecule has 3 aromatic heterocycles. The van der Waals surface area contributed by atoms with Gasteiger partial charge < -0.3 is 14.0 Å². The summed E-state index contributed by atoms with van der Waals surface area (Å²) in [6.45, 7) is 6.67. The van der Waals surface area contributed by atoms with Gasteiger partial charge in [0.25, 0.3) is 0 Å². The van der Waals surface area contributed by atoms with Crippen molar-refractivity contribution in [2.24, 2.45) is 5.92 Å². The Hall–Kier alpha value is -5.87. The molecule has 0 saturated heterocycles. The van der Waals surface area contributed by atoms with E-state index in [1.807, 2.05) is 48.5 Å². The number of pyridine rings is 1. The molecule has 0 unspecified atom stereocenters. The molecule has 0 bridgehead atoms. The van der Waals surface area contributed by atoms with Gasteiger partial charge in [0.1, 0.15) is 0 Å². The van der Waals surface area contributed by atoms with Crippen molar-refractivity contribution < 1.29 is 24.5 Å². The van der Waals surface area contributed by atoms with Crippen molar-refractivity contribution >= 4 is 22.0 Å². The molecule has 0 atom stereocenters. The number of para-hydroxylation sites is 2. The maximum absolute atomic E-state index is 6.02. The van der Waals surface area contributed by atoms with Crippen LogP contribution in [0.2, 0.25) is 0 Å². The maximum Gasteiger partial charge on any atom is 0.0774 e. The number of aromatic nitrogens is 3. The Kier molecular flexibility index (Phi) is 11.1. The standard InChI is InChI=1S/C38H31N2O.C11H8N.Ir/c1-25(2)20-27-18-19-36-32(23-27)33(24-41-36)38-39-34-16-10-11-17-35(34)40(38)37-30(28-12-6-4-7-13-28)21-26(3)22-31(37)29-14-8-5-9-15-29;1-2-6-10(7-3-1)11-8-4-5-9-12-11;/h4-19,21-23,25H,20H2,1-3H3;1-6,8-9H;/q2*-1;. The number of hydrogen-bond donors (Lipinski definition) is 0. The second-order valence-electron chi connectivity index (χ2n) is 13.7. The Morgan fingerprint density at radius 3 is 2.02 bits per heavy atom. The van der Waals surface area contributed by atoms with Gasteiger partial charge in [-0.05, 0) is 72.0 Å². The molecule has 54 heavy (non-hydrogen) atoms. The van der Waals surface area contributed by atoms with Crippen molar-refractivity contribution in [3.05, 3.63) is 187 Å². The van der Waals surface area contributed by atoms with Crippen LogP contribution in [0.15, 0.2) is 168 Å². The molecule has 0 fully saturated rings. The summed E-state index contributed by atoms with van der Waals surface area (Å²) in [5.74, 6) is 1.38. The number of fused-ring (bicyclic) bond motifs is 2. The molecule has 267 valence electrons. The van der Waals surface area contributed by atoms with Crippen LogP contribution in [0.3, 0.4) is 0 Å². The Morgan fingerprint density at radius 1 is 0.704 bits per heavy atom. The average Bonchev–Trinajstić information content (AvgIpc) is 3.80. The normalized spacial score (nSPS) is 11.0. The minimum absolute atomic E-state index is 0. The first kappa shape index (κ1) is 36.5. The van der Waals surface area contributed by atoms with Crippen LogP contribution in [0, 0.1) is 25.2 Å². The first-order valence-corrected chi connectivity index (χ1v) is 18.1. The number of imidazole rings is 1. The fraction of sp³-hybridized carbons (Fsp3) is 0.102. The third kappa shape index (κ3) is 7.61. The van der Waals surface area contributed by atoms with Gasteiger partial charge in [-0.2, -0.15) is 0 Å². The second-order valence-corrected chi connectivity index (χ2v) is 13.7. The van der Waals surface area contributed by atoms with E-state index in [0.29, 0.717) is 5.92 Å². The van der Waals surface area contributed by atoms with E-state index in [2.05, 4.69) is 152 Å². The molecule has 9 aromatic rings. The molecule has 0 spiro atoms. The van der Waals surface area contributed by atoms with Crippen LogP contribution in [-0.4, -0.2) is 14.5 Å². The largest absolute Gasteiger partial charge is 0.557 e. The quantitative estimate of drug-likeness (QED) is 0.150. The van der Waals surface area contributed by atoms with Gasteiger partial charge in [0.15, 0.2) is 0 Å². The Bertz CT molecular complexity index is 2510. The minimum atomic E-state index is 0. The summed E-state index contributed by atoms with van der Waals surface area (Å²) in [6, 6.07) is 57.5. The van der Waals surface area contributed by atoms with Crippen LogP contribution in [0.1, 0.15) is 25.0 Å². The summed E-state index contributed by atoms with van der Waals surface area (Å²) in [6.07, 6.45) is 6.05. The van der Waals surface area contributed by atoms with Crippen molar-refractivity contribution in [1.29, 1.82) is 0 Å². The van der Waals surface area contributed by atoms with Gasteiger partial charge >= 0.3 is 0 Å². The molecule has 0 N–H and O–H groups in total. The molecule has 0 aliphatic rings. The molecule has 0 aliphatic carbocycles. The Balaban J connectivity index is 0.000000294. The molecule has 3 heterocycles. The number of aryl methyl sites for hydroxylation is 1. The Morgan fingerprint density at radius 2 is 1.37 bits per heavy atom. The smallest absolute Gasteiger partial charge is 0.0774 e. The average molecular weight is 878 g/mol. The number of nitrogens with zero attached hydrogens (tertiary/aromatic N) is 3. The fourth-order valence-corrected chi connectivity index (χ4v) is 6.98. The molecule has 0 aliphatic heterocycles. The summed E-state index contributed by atoms with van der Waals surface area (Å²) in [7, 11) is 0. The first-order valence-electron chi connectivity index (χ1n) is 18.1. The summed E-state index contributed by atoms with van der Waals surface area (Å²) in [5.41, 5.74) is 13.9. The summed E-state index contributed by atoms with van der Waals surface area (Å²) < 4.78 is 8.34. The topological polar surface area (TPSA) is 43.9 Å². The molecule has 0 amide bonds. The number of hydrogen-bond acceptors (Lipinski definition) is 3. The van der Waals surface area contributed by atoms with E-state index in [-0.39, 0.29) is 20.1 Å². The van der Waals surface area contributed by atoms with Crippen LogP contribution < -0.4 is 0 Å². The molecule has 0 saturated carbocycles. The zero-order valence-electron chi connectivity index (χ0n) is 30.5. The third-order valence-electron chi connectivity index (χ3n) is 9.30. The SMILES string of the molecule is Cc1cc(-c2ccccc2)c(-n2c(-c3[c-]oc4ccc(CC(C)C)cc34)nc3ccccc32)c(-c2ccccc2)c1.[Ir].[c-]1ccccc1-c1ccccn1. The monoisotopic (exact) mass is 878 g/mol. The summed E-state index contributed by atoms with van der Waals surface area (Å²) in [5, 5.41) is 1.04. The molecular weight excluding hydrogens is 839 g/mol. The molecule has 5 heteroatoms. The number of furan rings is 1. The van der Waals surface area contributed by atoms with E-state index in [9.17, 15) is 0 Å². The van der Waals surface area contributed by atoms with Crippen molar-refractivity contribution in [1.82, 2.24) is 14.5 Å². The third-order valence-corrected chi connectivity index (χ3v) is 9.30. The van der Waals surface area contributed by atoms with Gasteiger partial charge in [-0.15, -0.1) is 35.9 Å². The van der Waals surface area contributed by atoms with E-state index < -0.39 is 0 Å². The van der Waals surface area contributed by atoms with E-state index in [1.165, 1.54) is 11.1 Å². The van der Waals surface area contributed by atoms with Crippen molar-refractivity contribution in [3.63, 3.8) is 0 Å². The van der Waals surface area contributed by atoms with Gasteiger partial charge in [-0.25, -0.2) is 0 Å². The van der Waals surface area contributed by atoms with Crippen LogP contribution >= 0.6 is 0 Å². The van der Waals surface area contributed by atoms with Gasteiger partial charge in [-0.1, -0.05) is 133 Å². The molecule has 9 rings (SSSR count).